The molecule has 0 fully saturated rings. The van der Waals surface area contributed by atoms with Gasteiger partial charge in [0.1, 0.15) is 0 Å². The maximum absolute atomic E-state index is 11.3. The highest BCUT2D eigenvalue weighted by atomic mass is 16.1. The van der Waals surface area contributed by atoms with Gasteiger partial charge in [-0.3, -0.25) is 9.59 Å². The fourth-order valence-electron chi connectivity index (χ4n) is 1.32. The molecule has 1 aromatic rings. The first-order chi connectivity index (χ1) is 7.00. The van der Waals surface area contributed by atoms with Crippen molar-refractivity contribution >= 4 is 17.1 Å². The molecule has 0 aliphatic carbocycles. The molecule has 2 nitrogen and oxygen atoms in total. The molecule has 0 aromatic heterocycles. The zero-order valence-corrected chi connectivity index (χ0v) is 9.20. The first-order valence-corrected chi connectivity index (χ1v) is 4.81. The summed E-state index contributed by atoms with van der Waals surface area (Å²) in [6.07, 6.45) is 1.38. The Labute approximate surface area is 89.6 Å². The molecule has 1 rings (SSSR count). The number of benzene rings is 1. The van der Waals surface area contributed by atoms with Crippen LogP contribution in [0.5, 0.6) is 0 Å². The molecule has 0 aliphatic rings. The standard InChI is InChI=1S/C13H14O2/c1-9-4-6-12(7-5-9)13(11(3)15)8-10(2)14/h4-8H,1-3H3. The fraction of sp³-hybridized carbons (Fsp3) is 0.231. The quantitative estimate of drug-likeness (QED) is 0.706. The van der Waals surface area contributed by atoms with Gasteiger partial charge in [-0.25, -0.2) is 0 Å². The summed E-state index contributed by atoms with van der Waals surface area (Å²) < 4.78 is 0. The molecule has 1 aromatic carbocycles. The normalized spacial score (nSPS) is 11.3. The van der Waals surface area contributed by atoms with Gasteiger partial charge >= 0.3 is 0 Å². The lowest BCUT2D eigenvalue weighted by Gasteiger charge is -2.03. The van der Waals surface area contributed by atoms with E-state index in [-0.39, 0.29) is 11.6 Å². The second-order valence-electron chi connectivity index (χ2n) is 3.59. The molecule has 0 bridgehead atoms. The van der Waals surface area contributed by atoms with Crippen LogP contribution in [-0.2, 0) is 9.59 Å². The number of ketones is 2. The fourth-order valence-corrected chi connectivity index (χ4v) is 1.32. The summed E-state index contributed by atoms with van der Waals surface area (Å²) in [5.41, 5.74) is 2.40. The van der Waals surface area contributed by atoms with Gasteiger partial charge in [0.05, 0.1) is 0 Å². The van der Waals surface area contributed by atoms with Gasteiger partial charge in [-0.1, -0.05) is 29.8 Å². The van der Waals surface area contributed by atoms with E-state index in [2.05, 4.69) is 0 Å². The number of rotatable bonds is 3. The first kappa shape index (κ1) is 11.4. The minimum atomic E-state index is -0.110. The molecule has 0 aliphatic heterocycles. The van der Waals surface area contributed by atoms with Crippen LogP contribution in [0.25, 0.3) is 5.57 Å². The summed E-state index contributed by atoms with van der Waals surface area (Å²) in [7, 11) is 0. The van der Waals surface area contributed by atoms with Crippen molar-refractivity contribution in [2.24, 2.45) is 0 Å². The second-order valence-corrected chi connectivity index (χ2v) is 3.59. The van der Waals surface area contributed by atoms with Crippen molar-refractivity contribution < 1.29 is 9.59 Å². The van der Waals surface area contributed by atoms with E-state index in [0.29, 0.717) is 5.57 Å². The predicted molar refractivity (Wildman–Crippen MR) is 60.5 cm³/mol. The van der Waals surface area contributed by atoms with E-state index in [1.165, 1.54) is 19.9 Å². The molecule has 0 heterocycles. The first-order valence-electron chi connectivity index (χ1n) is 4.81. The van der Waals surface area contributed by atoms with Crippen LogP contribution in [-0.4, -0.2) is 11.6 Å². The van der Waals surface area contributed by atoms with Crippen LogP contribution in [0.3, 0.4) is 0 Å². The van der Waals surface area contributed by atoms with Crippen LogP contribution in [0, 0.1) is 6.92 Å². The lowest BCUT2D eigenvalue weighted by molar-refractivity contribution is -0.114. The number of hydrogen-bond donors (Lipinski definition) is 0. The highest BCUT2D eigenvalue weighted by molar-refractivity contribution is 6.23. The molecule has 0 amide bonds. The van der Waals surface area contributed by atoms with Gasteiger partial charge in [-0.15, -0.1) is 0 Å². The molecule has 78 valence electrons. The van der Waals surface area contributed by atoms with Gasteiger partial charge in [0.25, 0.3) is 0 Å². The number of hydrogen-bond acceptors (Lipinski definition) is 2. The summed E-state index contributed by atoms with van der Waals surface area (Å²) in [6, 6.07) is 7.55. The van der Waals surface area contributed by atoms with Crippen molar-refractivity contribution in [3.63, 3.8) is 0 Å². The monoisotopic (exact) mass is 202 g/mol. The topological polar surface area (TPSA) is 34.1 Å². The van der Waals surface area contributed by atoms with Crippen LogP contribution in [0.2, 0.25) is 0 Å². The van der Waals surface area contributed by atoms with E-state index in [1.807, 2.05) is 31.2 Å². The van der Waals surface area contributed by atoms with Crippen molar-refractivity contribution in [1.29, 1.82) is 0 Å². The van der Waals surface area contributed by atoms with Gasteiger partial charge in [-0.2, -0.15) is 0 Å². The largest absolute Gasteiger partial charge is 0.295 e. The molecule has 0 saturated heterocycles. The van der Waals surface area contributed by atoms with E-state index in [0.717, 1.165) is 11.1 Å². The lowest BCUT2D eigenvalue weighted by Crippen LogP contribution is -1.99. The molecule has 0 unspecified atom stereocenters. The molecular formula is C13H14O2. The summed E-state index contributed by atoms with van der Waals surface area (Å²) in [5.74, 6) is -0.199. The number of aryl methyl sites for hydroxylation is 1. The van der Waals surface area contributed by atoms with Gasteiger partial charge in [-0.05, 0) is 32.4 Å². The highest BCUT2D eigenvalue weighted by Crippen LogP contribution is 2.16. The van der Waals surface area contributed by atoms with Gasteiger partial charge < -0.3 is 0 Å². The Kier molecular flexibility index (Phi) is 3.56. The van der Waals surface area contributed by atoms with E-state index >= 15 is 0 Å². The number of allylic oxidation sites excluding steroid dienone is 2. The van der Waals surface area contributed by atoms with Crippen molar-refractivity contribution in [3.8, 4) is 0 Å². The Morgan fingerprint density at radius 3 is 2.00 bits per heavy atom. The SMILES string of the molecule is CC(=O)C=C(C(C)=O)c1ccc(C)cc1. The average molecular weight is 202 g/mol. The van der Waals surface area contributed by atoms with E-state index in [9.17, 15) is 9.59 Å². The van der Waals surface area contributed by atoms with Crippen LogP contribution in [0.15, 0.2) is 30.3 Å². The van der Waals surface area contributed by atoms with Crippen molar-refractivity contribution in [1.82, 2.24) is 0 Å². The lowest BCUT2D eigenvalue weighted by atomic mass is 10.0. The molecule has 15 heavy (non-hydrogen) atoms. The van der Waals surface area contributed by atoms with E-state index < -0.39 is 0 Å². The van der Waals surface area contributed by atoms with Crippen LogP contribution in [0.1, 0.15) is 25.0 Å². The minimum absolute atomic E-state index is 0.0888. The minimum Gasteiger partial charge on any atom is -0.295 e. The molecule has 0 atom stereocenters. The summed E-state index contributed by atoms with van der Waals surface area (Å²) in [6.45, 7) is 4.89. The Morgan fingerprint density at radius 2 is 1.60 bits per heavy atom. The molecule has 0 spiro atoms. The van der Waals surface area contributed by atoms with Crippen LogP contribution >= 0.6 is 0 Å². The molecule has 2 heteroatoms. The molecule has 0 N–H and O–H groups in total. The van der Waals surface area contributed by atoms with Crippen LogP contribution in [0.4, 0.5) is 0 Å². The van der Waals surface area contributed by atoms with Crippen molar-refractivity contribution in [3.05, 3.63) is 41.5 Å². The number of Topliss-reactive ketones (excluding diaryl/α,β-unsaturated/α-hetero) is 1. The van der Waals surface area contributed by atoms with Gasteiger partial charge in [0, 0.05) is 5.57 Å². The summed E-state index contributed by atoms with van der Waals surface area (Å²) >= 11 is 0. The third-order valence-electron chi connectivity index (χ3n) is 2.09. The van der Waals surface area contributed by atoms with E-state index in [4.69, 9.17) is 0 Å². The van der Waals surface area contributed by atoms with Gasteiger partial charge in [0.2, 0.25) is 0 Å². The molecule has 0 saturated carbocycles. The zero-order chi connectivity index (χ0) is 11.4. The van der Waals surface area contributed by atoms with Crippen LogP contribution < -0.4 is 0 Å². The number of carbonyl (C=O) groups is 2. The Bertz CT molecular complexity index is 411. The maximum atomic E-state index is 11.3. The smallest absolute Gasteiger partial charge is 0.160 e. The van der Waals surface area contributed by atoms with Gasteiger partial charge in [0.15, 0.2) is 11.6 Å². The Hall–Kier alpha value is -1.70. The predicted octanol–water partition coefficient (Wildman–Crippen LogP) is 2.56. The average Bonchev–Trinajstić information content (AvgIpc) is 2.15. The third-order valence-corrected chi connectivity index (χ3v) is 2.09. The zero-order valence-electron chi connectivity index (χ0n) is 9.20. The van der Waals surface area contributed by atoms with E-state index in [1.54, 1.807) is 0 Å². The van der Waals surface area contributed by atoms with Crippen molar-refractivity contribution in [2.75, 3.05) is 0 Å². The number of carbonyl (C=O) groups excluding carboxylic acids is 2. The highest BCUT2D eigenvalue weighted by Gasteiger charge is 2.07. The third kappa shape index (κ3) is 3.17. The Morgan fingerprint density at radius 1 is 1.07 bits per heavy atom. The second kappa shape index (κ2) is 4.69. The summed E-state index contributed by atoms with van der Waals surface area (Å²) in [4.78, 5) is 22.3. The maximum Gasteiger partial charge on any atom is 0.160 e. The molecule has 0 radical (unpaired) electrons. The summed E-state index contributed by atoms with van der Waals surface area (Å²) in [5, 5.41) is 0. The Balaban J connectivity index is 3.16. The van der Waals surface area contributed by atoms with Crippen molar-refractivity contribution in [2.45, 2.75) is 20.8 Å². The molecular weight excluding hydrogens is 188 g/mol.